The lowest BCUT2D eigenvalue weighted by molar-refractivity contribution is -0.0571. The molecule has 0 saturated carbocycles. The summed E-state index contributed by atoms with van der Waals surface area (Å²) in [7, 11) is 1.86. The molecule has 0 aromatic heterocycles. The summed E-state index contributed by atoms with van der Waals surface area (Å²) < 4.78 is 0. The van der Waals surface area contributed by atoms with Crippen molar-refractivity contribution in [2.24, 2.45) is 4.99 Å². The number of aromatic hydroxyl groups is 1. The van der Waals surface area contributed by atoms with Crippen molar-refractivity contribution in [1.29, 1.82) is 0 Å². The van der Waals surface area contributed by atoms with E-state index in [-0.39, 0.29) is 11.9 Å². The van der Waals surface area contributed by atoms with Crippen LogP contribution < -0.4 is 0 Å². The van der Waals surface area contributed by atoms with Gasteiger partial charge in [-0.05, 0) is 29.8 Å². The minimum absolute atomic E-state index is 0.134. The molecule has 0 fully saturated rings. The predicted octanol–water partition coefficient (Wildman–Crippen LogP) is 2.71. The summed E-state index contributed by atoms with van der Waals surface area (Å²) in [5.74, 6) is 0.798. The van der Waals surface area contributed by atoms with Gasteiger partial charge in [0.15, 0.2) is 6.17 Å². The molecule has 4 heteroatoms. The van der Waals surface area contributed by atoms with Gasteiger partial charge < -0.3 is 9.94 Å². The topological polar surface area (TPSA) is 45.1 Å². The molecule has 0 radical (unpaired) electrons. The molecule has 1 unspecified atom stereocenters. The highest BCUT2D eigenvalue weighted by molar-refractivity contribution is 5.94. The molecule has 96 valence electrons. The molecule has 2 aromatic carbocycles. The monoisotopic (exact) mass is 254 g/mol. The largest absolute Gasteiger partial charge is 0.508 e. The minimum Gasteiger partial charge on any atom is -0.508 e. The number of nitrogens with zero attached hydrogens (tertiary/aromatic N) is 2. The number of aliphatic imine (C=N–C) groups is 1. The Morgan fingerprint density at radius 2 is 1.74 bits per heavy atom. The summed E-state index contributed by atoms with van der Waals surface area (Å²) in [6.45, 7) is 0. The van der Waals surface area contributed by atoms with Crippen LogP contribution in [0.15, 0.2) is 59.6 Å². The number of phenols is 1. The normalized spacial score (nSPS) is 19.0. The lowest BCUT2D eigenvalue weighted by Crippen LogP contribution is -2.18. The van der Waals surface area contributed by atoms with Crippen LogP contribution in [0.5, 0.6) is 5.75 Å². The van der Waals surface area contributed by atoms with Crippen LogP contribution in [0, 0.1) is 0 Å². The van der Waals surface area contributed by atoms with Gasteiger partial charge in [0.25, 0.3) is 0 Å². The van der Waals surface area contributed by atoms with Crippen LogP contribution in [-0.4, -0.2) is 23.1 Å². The summed E-state index contributed by atoms with van der Waals surface area (Å²) in [6, 6.07) is 16.8. The Balaban J connectivity index is 1.91. The van der Waals surface area contributed by atoms with Crippen molar-refractivity contribution in [2.45, 2.75) is 6.17 Å². The van der Waals surface area contributed by atoms with Gasteiger partial charge in [0.2, 0.25) is 5.90 Å². The maximum Gasteiger partial charge on any atom is 0.243 e. The molecule has 3 rings (SSSR count). The highest BCUT2D eigenvalue weighted by Gasteiger charge is 2.27. The first-order valence-corrected chi connectivity index (χ1v) is 6.07. The molecule has 2 aromatic rings. The number of hydroxylamine groups is 2. The summed E-state index contributed by atoms with van der Waals surface area (Å²) in [5, 5.41) is 11.0. The summed E-state index contributed by atoms with van der Waals surface area (Å²) in [5.41, 5.74) is 1.93. The first kappa shape index (κ1) is 11.7. The molecule has 0 saturated heterocycles. The Labute approximate surface area is 111 Å². The molecule has 1 atom stereocenters. The van der Waals surface area contributed by atoms with E-state index in [9.17, 15) is 5.11 Å². The van der Waals surface area contributed by atoms with Crippen molar-refractivity contribution in [2.75, 3.05) is 7.05 Å². The van der Waals surface area contributed by atoms with Crippen molar-refractivity contribution < 1.29 is 9.94 Å². The van der Waals surface area contributed by atoms with E-state index in [4.69, 9.17) is 4.84 Å². The zero-order chi connectivity index (χ0) is 13.2. The quantitative estimate of drug-likeness (QED) is 0.896. The first-order valence-electron chi connectivity index (χ1n) is 6.07. The molecule has 1 aliphatic rings. The predicted molar refractivity (Wildman–Crippen MR) is 72.7 cm³/mol. The zero-order valence-corrected chi connectivity index (χ0v) is 10.5. The number of benzene rings is 2. The van der Waals surface area contributed by atoms with Gasteiger partial charge in [-0.3, -0.25) is 0 Å². The molecule has 1 N–H and O–H groups in total. The highest BCUT2D eigenvalue weighted by atomic mass is 16.7. The Bertz CT molecular complexity index is 593. The summed E-state index contributed by atoms with van der Waals surface area (Å²) in [4.78, 5) is 10.2. The second kappa shape index (κ2) is 4.74. The van der Waals surface area contributed by atoms with Crippen LogP contribution >= 0.6 is 0 Å². The van der Waals surface area contributed by atoms with E-state index in [0.29, 0.717) is 5.90 Å². The smallest absolute Gasteiger partial charge is 0.243 e. The standard InChI is InChI=1S/C15H14N2O2/c1-17-14(11-5-3-2-4-6-11)16-15(19-17)12-7-9-13(18)10-8-12/h2-10,14,18H,1H3. The maximum absolute atomic E-state index is 9.29. The number of hydrogen-bond acceptors (Lipinski definition) is 4. The van der Waals surface area contributed by atoms with E-state index in [1.54, 1.807) is 29.3 Å². The van der Waals surface area contributed by atoms with Gasteiger partial charge in [0.1, 0.15) is 5.75 Å². The highest BCUT2D eigenvalue weighted by Crippen LogP contribution is 2.28. The van der Waals surface area contributed by atoms with Crippen LogP contribution in [0.3, 0.4) is 0 Å². The summed E-state index contributed by atoms with van der Waals surface area (Å²) in [6.07, 6.45) is -0.134. The van der Waals surface area contributed by atoms with Gasteiger partial charge >= 0.3 is 0 Å². The van der Waals surface area contributed by atoms with Crippen LogP contribution in [-0.2, 0) is 4.84 Å². The van der Waals surface area contributed by atoms with Crippen molar-refractivity contribution in [3.63, 3.8) is 0 Å². The maximum atomic E-state index is 9.29. The van der Waals surface area contributed by atoms with Gasteiger partial charge in [-0.15, -0.1) is 5.06 Å². The second-order valence-corrected chi connectivity index (χ2v) is 4.40. The molecular formula is C15H14N2O2. The van der Waals surface area contributed by atoms with Crippen LogP contribution in [0.25, 0.3) is 0 Å². The van der Waals surface area contributed by atoms with Crippen LogP contribution in [0.4, 0.5) is 0 Å². The minimum atomic E-state index is -0.134. The van der Waals surface area contributed by atoms with Crippen LogP contribution in [0.2, 0.25) is 0 Å². The Morgan fingerprint density at radius 3 is 2.42 bits per heavy atom. The molecule has 1 aliphatic heterocycles. The molecular weight excluding hydrogens is 240 g/mol. The first-order chi connectivity index (χ1) is 9.24. The SMILES string of the molecule is CN1OC(c2ccc(O)cc2)=NC1c1ccccc1. The molecule has 0 bridgehead atoms. The van der Waals surface area contributed by atoms with Crippen molar-refractivity contribution in [3.8, 4) is 5.75 Å². The van der Waals surface area contributed by atoms with Crippen LogP contribution in [0.1, 0.15) is 17.3 Å². The molecule has 19 heavy (non-hydrogen) atoms. The fourth-order valence-corrected chi connectivity index (χ4v) is 2.04. The van der Waals surface area contributed by atoms with Gasteiger partial charge in [0.05, 0.1) is 0 Å². The van der Waals surface area contributed by atoms with Crippen molar-refractivity contribution in [3.05, 3.63) is 65.7 Å². The average Bonchev–Trinajstić information content (AvgIpc) is 2.83. The fraction of sp³-hybridized carbons (Fsp3) is 0.133. The van der Waals surface area contributed by atoms with Gasteiger partial charge in [-0.2, -0.15) is 0 Å². The Morgan fingerprint density at radius 1 is 1.05 bits per heavy atom. The van der Waals surface area contributed by atoms with Gasteiger partial charge in [-0.25, -0.2) is 4.99 Å². The zero-order valence-electron chi connectivity index (χ0n) is 10.5. The third-order valence-corrected chi connectivity index (χ3v) is 3.03. The molecule has 0 amide bonds. The number of phenolic OH excluding ortho intramolecular Hbond substituents is 1. The number of hydrogen-bond donors (Lipinski definition) is 1. The van der Waals surface area contributed by atoms with E-state index in [1.807, 2.05) is 37.4 Å². The molecule has 0 aliphatic carbocycles. The third-order valence-electron chi connectivity index (χ3n) is 3.03. The average molecular weight is 254 g/mol. The fourth-order valence-electron chi connectivity index (χ4n) is 2.04. The van der Waals surface area contributed by atoms with Crippen molar-refractivity contribution in [1.82, 2.24) is 5.06 Å². The molecule has 0 spiro atoms. The van der Waals surface area contributed by atoms with Gasteiger partial charge in [0, 0.05) is 12.6 Å². The van der Waals surface area contributed by atoms with E-state index in [1.165, 1.54) is 0 Å². The third kappa shape index (κ3) is 2.30. The molecule has 4 nitrogen and oxygen atoms in total. The Hall–Kier alpha value is -2.33. The Kier molecular flexibility index (Phi) is 2.93. The van der Waals surface area contributed by atoms with E-state index >= 15 is 0 Å². The summed E-state index contributed by atoms with van der Waals surface area (Å²) >= 11 is 0. The van der Waals surface area contributed by atoms with E-state index in [2.05, 4.69) is 4.99 Å². The lowest BCUT2D eigenvalue weighted by Gasteiger charge is -2.15. The number of rotatable bonds is 2. The van der Waals surface area contributed by atoms with Crippen molar-refractivity contribution >= 4 is 5.90 Å². The molecule has 1 heterocycles. The lowest BCUT2D eigenvalue weighted by atomic mass is 10.2. The van der Waals surface area contributed by atoms with Gasteiger partial charge in [-0.1, -0.05) is 30.3 Å². The van der Waals surface area contributed by atoms with E-state index in [0.717, 1.165) is 11.1 Å². The van der Waals surface area contributed by atoms with E-state index < -0.39 is 0 Å². The second-order valence-electron chi connectivity index (χ2n) is 4.40.